The molecule has 2 atom stereocenters. The normalized spacial score (nSPS) is 30.2. The van der Waals surface area contributed by atoms with Crippen LogP contribution in [0.2, 0.25) is 0 Å². The number of hydrogen-bond acceptors (Lipinski definition) is 4. The van der Waals surface area contributed by atoms with E-state index in [9.17, 15) is 8.42 Å². The van der Waals surface area contributed by atoms with Crippen LogP contribution in [0.3, 0.4) is 0 Å². The molecular weight excluding hydrogens is 228 g/mol. The molecule has 0 aromatic heterocycles. The monoisotopic (exact) mass is 250 g/mol. The Morgan fingerprint density at radius 1 is 1.56 bits per heavy atom. The fourth-order valence-electron chi connectivity index (χ4n) is 1.92. The first-order valence-electron chi connectivity index (χ1n) is 5.60. The number of sulfonamides is 1. The maximum absolute atomic E-state index is 12.1. The lowest BCUT2D eigenvalue weighted by Gasteiger charge is -2.39. The summed E-state index contributed by atoms with van der Waals surface area (Å²) in [6, 6.07) is 0. The molecule has 96 valence electrons. The van der Waals surface area contributed by atoms with Gasteiger partial charge in [0, 0.05) is 26.7 Å². The molecule has 1 aliphatic rings. The van der Waals surface area contributed by atoms with Gasteiger partial charge in [-0.3, -0.25) is 0 Å². The van der Waals surface area contributed by atoms with Crippen molar-refractivity contribution in [3.63, 3.8) is 0 Å². The molecule has 1 heterocycles. The van der Waals surface area contributed by atoms with E-state index in [0.29, 0.717) is 13.1 Å². The predicted octanol–water partition coefficient (Wildman–Crippen LogP) is 0.164. The molecule has 1 saturated heterocycles. The van der Waals surface area contributed by atoms with Crippen molar-refractivity contribution >= 4 is 10.0 Å². The quantitative estimate of drug-likeness (QED) is 0.771. The highest BCUT2D eigenvalue weighted by Crippen LogP contribution is 2.26. The summed E-state index contributed by atoms with van der Waals surface area (Å²) < 4.78 is 31.1. The highest BCUT2D eigenvalue weighted by Gasteiger charge is 2.38. The van der Waals surface area contributed by atoms with Gasteiger partial charge in [0.1, 0.15) is 0 Å². The average Bonchev–Trinajstić information content (AvgIpc) is 2.28. The van der Waals surface area contributed by atoms with Crippen LogP contribution in [0, 0.1) is 0 Å². The second-order valence-corrected chi connectivity index (χ2v) is 7.03. The molecule has 1 rings (SSSR count). The zero-order valence-corrected chi connectivity index (χ0v) is 11.1. The summed E-state index contributed by atoms with van der Waals surface area (Å²) in [6.07, 6.45) is 1.73. The van der Waals surface area contributed by atoms with Crippen LogP contribution in [-0.2, 0) is 14.8 Å². The Hall–Kier alpha value is -0.170. The summed E-state index contributed by atoms with van der Waals surface area (Å²) >= 11 is 0. The number of nitrogens with two attached hydrogens (primary N) is 1. The van der Waals surface area contributed by atoms with Crippen LogP contribution >= 0.6 is 0 Å². The Labute approximate surface area is 98.0 Å². The Bertz CT molecular complexity index is 331. The van der Waals surface area contributed by atoms with Crippen molar-refractivity contribution in [2.45, 2.75) is 37.5 Å². The smallest absolute Gasteiger partial charge is 0.218 e. The first-order chi connectivity index (χ1) is 7.35. The van der Waals surface area contributed by atoms with Crippen LogP contribution in [0.5, 0.6) is 0 Å². The van der Waals surface area contributed by atoms with E-state index in [2.05, 4.69) is 0 Å². The first kappa shape index (κ1) is 13.9. The van der Waals surface area contributed by atoms with Gasteiger partial charge in [0.05, 0.1) is 10.9 Å². The van der Waals surface area contributed by atoms with Gasteiger partial charge in [-0.2, -0.15) is 4.31 Å². The molecule has 16 heavy (non-hydrogen) atoms. The van der Waals surface area contributed by atoms with Gasteiger partial charge in [0.15, 0.2) is 0 Å². The van der Waals surface area contributed by atoms with E-state index < -0.39 is 15.3 Å². The lowest BCUT2D eigenvalue weighted by Crippen LogP contribution is -2.52. The number of piperidine rings is 1. The Morgan fingerprint density at radius 2 is 2.19 bits per heavy atom. The third kappa shape index (κ3) is 2.74. The number of rotatable bonds is 4. The Morgan fingerprint density at radius 3 is 2.69 bits per heavy atom. The van der Waals surface area contributed by atoms with Crippen molar-refractivity contribution in [3.05, 3.63) is 0 Å². The third-order valence-corrected chi connectivity index (χ3v) is 5.56. The van der Waals surface area contributed by atoms with Gasteiger partial charge in [-0.15, -0.1) is 0 Å². The number of methoxy groups -OCH3 is 1. The molecule has 6 heteroatoms. The van der Waals surface area contributed by atoms with E-state index >= 15 is 0 Å². The molecule has 1 aliphatic heterocycles. The van der Waals surface area contributed by atoms with E-state index in [0.717, 1.165) is 12.8 Å². The van der Waals surface area contributed by atoms with Crippen molar-refractivity contribution in [2.75, 3.05) is 26.7 Å². The summed E-state index contributed by atoms with van der Waals surface area (Å²) in [5, 5.41) is -0.522. The molecule has 0 aromatic carbocycles. The minimum atomic E-state index is -3.26. The van der Waals surface area contributed by atoms with E-state index in [1.54, 1.807) is 14.0 Å². The lowest BCUT2D eigenvalue weighted by atomic mass is 9.96. The maximum Gasteiger partial charge on any atom is 0.218 e. The van der Waals surface area contributed by atoms with Gasteiger partial charge in [-0.1, -0.05) is 0 Å². The fraction of sp³-hybridized carbons (Fsp3) is 1.00. The van der Waals surface area contributed by atoms with Crippen molar-refractivity contribution < 1.29 is 13.2 Å². The second kappa shape index (κ2) is 5.00. The van der Waals surface area contributed by atoms with Crippen LogP contribution in [0.25, 0.3) is 0 Å². The van der Waals surface area contributed by atoms with Gasteiger partial charge in [-0.05, 0) is 26.7 Å². The molecule has 0 aromatic rings. The topological polar surface area (TPSA) is 72.6 Å². The highest BCUT2D eigenvalue weighted by molar-refractivity contribution is 7.89. The van der Waals surface area contributed by atoms with Gasteiger partial charge in [0.25, 0.3) is 0 Å². The Kier molecular flexibility index (Phi) is 4.34. The summed E-state index contributed by atoms with van der Waals surface area (Å²) in [7, 11) is -1.64. The van der Waals surface area contributed by atoms with E-state index in [-0.39, 0.29) is 12.1 Å². The standard InChI is InChI=1S/C10H22N2O3S/c1-9(7-11)16(13,14)12-6-4-5-10(2,8-12)15-3/h9H,4-8,11H2,1-3H3. The van der Waals surface area contributed by atoms with E-state index in [1.807, 2.05) is 6.92 Å². The molecule has 2 N–H and O–H groups in total. The van der Waals surface area contributed by atoms with Gasteiger partial charge < -0.3 is 10.5 Å². The first-order valence-corrected chi connectivity index (χ1v) is 7.10. The van der Waals surface area contributed by atoms with E-state index in [1.165, 1.54) is 4.31 Å². The number of ether oxygens (including phenoxy) is 1. The molecule has 0 radical (unpaired) electrons. The number of nitrogens with zero attached hydrogens (tertiary/aromatic N) is 1. The van der Waals surface area contributed by atoms with Crippen molar-refractivity contribution in [1.29, 1.82) is 0 Å². The Balaban J connectivity index is 2.82. The van der Waals surface area contributed by atoms with Crippen LogP contribution in [0.1, 0.15) is 26.7 Å². The van der Waals surface area contributed by atoms with Crippen LogP contribution in [-0.4, -0.2) is 50.3 Å². The SMILES string of the molecule is COC1(C)CCCN(S(=O)(=O)C(C)CN)C1. The van der Waals surface area contributed by atoms with Gasteiger partial charge >= 0.3 is 0 Å². The summed E-state index contributed by atoms with van der Waals surface area (Å²) in [6.45, 7) is 4.75. The fourth-order valence-corrected chi connectivity index (χ4v) is 3.51. The molecule has 0 aliphatic carbocycles. The second-order valence-electron chi connectivity index (χ2n) is 4.68. The lowest BCUT2D eigenvalue weighted by molar-refractivity contribution is -0.0320. The van der Waals surface area contributed by atoms with Gasteiger partial charge in [-0.25, -0.2) is 8.42 Å². The molecule has 0 spiro atoms. The number of hydrogen-bond donors (Lipinski definition) is 1. The van der Waals surface area contributed by atoms with E-state index in [4.69, 9.17) is 10.5 Å². The van der Waals surface area contributed by atoms with Crippen molar-refractivity contribution in [1.82, 2.24) is 4.31 Å². The minimum absolute atomic E-state index is 0.155. The molecule has 0 saturated carbocycles. The predicted molar refractivity (Wildman–Crippen MR) is 63.7 cm³/mol. The molecule has 0 bridgehead atoms. The summed E-state index contributed by atoms with van der Waals surface area (Å²) in [5.41, 5.74) is 5.07. The molecule has 2 unspecified atom stereocenters. The molecular formula is C10H22N2O3S. The highest BCUT2D eigenvalue weighted by atomic mass is 32.2. The molecule has 5 nitrogen and oxygen atoms in total. The zero-order valence-electron chi connectivity index (χ0n) is 10.3. The van der Waals surface area contributed by atoms with Crippen LogP contribution < -0.4 is 5.73 Å². The summed E-state index contributed by atoms with van der Waals surface area (Å²) in [5.74, 6) is 0. The summed E-state index contributed by atoms with van der Waals surface area (Å²) in [4.78, 5) is 0. The molecule has 0 amide bonds. The minimum Gasteiger partial charge on any atom is -0.377 e. The van der Waals surface area contributed by atoms with Crippen molar-refractivity contribution in [3.8, 4) is 0 Å². The average molecular weight is 250 g/mol. The van der Waals surface area contributed by atoms with Crippen LogP contribution in [0.4, 0.5) is 0 Å². The maximum atomic E-state index is 12.1. The zero-order chi connectivity index (χ0) is 12.4. The third-order valence-electron chi connectivity index (χ3n) is 3.32. The van der Waals surface area contributed by atoms with Crippen molar-refractivity contribution in [2.24, 2.45) is 5.73 Å². The largest absolute Gasteiger partial charge is 0.377 e. The van der Waals surface area contributed by atoms with Gasteiger partial charge in [0.2, 0.25) is 10.0 Å². The molecule has 1 fully saturated rings. The van der Waals surface area contributed by atoms with Crippen LogP contribution in [0.15, 0.2) is 0 Å².